The molecule has 0 aliphatic heterocycles. The standard InChI is InChI=1S/C20H8Br4I2O7S/c21-14-12(19(27)32-8-4-2-1-3-5-8)13(15(22)17(24)16(14)23)20(28)33-9-6-10(25)18(11(26)7-9)34(29,30)31/h1-7H,(H,29,30,31). The summed E-state index contributed by atoms with van der Waals surface area (Å²) in [6.07, 6.45) is 0. The number of para-hydroxylation sites is 1. The van der Waals surface area contributed by atoms with Crippen LogP contribution in [0.1, 0.15) is 20.7 Å². The molecule has 3 aromatic rings. The lowest BCUT2D eigenvalue weighted by Crippen LogP contribution is -2.20. The highest BCUT2D eigenvalue weighted by molar-refractivity contribution is 14.1. The fraction of sp³-hybridized carbons (Fsp3) is 0. The molecule has 0 aliphatic rings. The van der Waals surface area contributed by atoms with Gasteiger partial charge in [-0.15, -0.1) is 0 Å². The minimum Gasteiger partial charge on any atom is -0.423 e. The third kappa shape index (κ3) is 6.23. The van der Waals surface area contributed by atoms with Crippen molar-refractivity contribution in [3.05, 3.63) is 78.6 Å². The second kappa shape index (κ2) is 11.5. The van der Waals surface area contributed by atoms with Crippen molar-refractivity contribution in [2.24, 2.45) is 0 Å². The van der Waals surface area contributed by atoms with Crippen molar-refractivity contribution >= 4 is 131 Å². The molecule has 0 amide bonds. The number of esters is 2. The van der Waals surface area contributed by atoms with Gasteiger partial charge in [-0.05, 0) is 133 Å². The summed E-state index contributed by atoms with van der Waals surface area (Å²) in [4.78, 5) is 26.0. The third-order valence-electron chi connectivity index (χ3n) is 4.07. The van der Waals surface area contributed by atoms with Crippen LogP contribution < -0.4 is 9.47 Å². The lowest BCUT2D eigenvalue weighted by Gasteiger charge is -2.16. The Morgan fingerprint density at radius 1 is 0.735 bits per heavy atom. The van der Waals surface area contributed by atoms with E-state index in [9.17, 15) is 22.6 Å². The Morgan fingerprint density at radius 2 is 1.15 bits per heavy atom. The van der Waals surface area contributed by atoms with E-state index in [0.717, 1.165) is 0 Å². The highest BCUT2D eigenvalue weighted by atomic mass is 127. The fourth-order valence-corrected chi connectivity index (χ4v) is 9.09. The van der Waals surface area contributed by atoms with Crippen LogP contribution in [-0.4, -0.2) is 24.9 Å². The summed E-state index contributed by atoms with van der Waals surface area (Å²) in [7, 11) is -4.47. The van der Waals surface area contributed by atoms with E-state index in [1.807, 2.05) is 0 Å². The van der Waals surface area contributed by atoms with Crippen molar-refractivity contribution in [3.8, 4) is 11.5 Å². The number of benzene rings is 3. The molecule has 0 spiro atoms. The van der Waals surface area contributed by atoms with Crippen molar-refractivity contribution in [1.82, 2.24) is 0 Å². The molecule has 0 bridgehead atoms. The lowest BCUT2D eigenvalue weighted by atomic mass is 10.1. The average molecular weight is 966 g/mol. The Hall–Kier alpha value is -0.110. The van der Waals surface area contributed by atoms with Gasteiger partial charge in [0, 0.05) is 25.0 Å². The van der Waals surface area contributed by atoms with Crippen molar-refractivity contribution in [2.45, 2.75) is 4.90 Å². The van der Waals surface area contributed by atoms with Gasteiger partial charge in [0.15, 0.2) is 0 Å². The quantitative estimate of drug-likeness (QED) is 0.0701. The van der Waals surface area contributed by atoms with Gasteiger partial charge in [0.2, 0.25) is 0 Å². The Bertz CT molecular complexity index is 1410. The van der Waals surface area contributed by atoms with Crippen molar-refractivity contribution in [3.63, 3.8) is 0 Å². The number of ether oxygens (including phenoxy) is 2. The number of carbonyl (C=O) groups is 2. The summed E-state index contributed by atoms with van der Waals surface area (Å²) in [6.45, 7) is 0. The van der Waals surface area contributed by atoms with Gasteiger partial charge < -0.3 is 9.47 Å². The first-order valence-electron chi connectivity index (χ1n) is 8.64. The molecule has 1 N–H and O–H groups in total. The first kappa shape index (κ1) is 28.5. The van der Waals surface area contributed by atoms with Gasteiger partial charge in [-0.2, -0.15) is 8.42 Å². The largest absolute Gasteiger partial charge is 0.423 e. The Morgan fingerprint density at radius 3 is 1.56 bits per heavy atom. The molecule has 0 unspecified atom stereocenters. The number of hydrogen-bond donors (Lipinski definition) is 1. The topological polar surface area (TPSA) is 107 Å². The molecule has 14 heteroatoms. The van der Waals surface area contributed by atoms with Crippen LogP contribution in [0.15, 0.2) is 65.3 Å². The van der Waals surface area contributed by atoms with Gasteiger partial charge >= 0.3 is 11.9 Å². The van der Waals surface area contributed by atoms with E-state index < -0.39 is 22.1 Å². The summed E-state index contributed by atoms with van der Waals surface area (Å²) in [6, 6.07) is 10.9. The maximum Gasteiger partial charge on any atom is 0.345 e. The molecule has 0 aliphatic carbocycles. The lowest BCUT2D eigenvalue weighted by molar-refractivity contribution is 0.0690. The summed E-state index contributed by atoms with van der Waals surface area (Å²) in [5.41, 5.74) is -0.235. The minimum atomic E-state index is -4.47. The van der Waals surface area contributed by atoms with Crippen LogP contribution in [0.3, 0.4) is 0 Å². The van der Waals surface area contributed by atoms with Crippen LogP contribution >= 0.6 is 109 Å². The van der Waals surface area contributed by atoms with E-state index >= 15 is 0 Å². The van der Waals surface area contributed by atoms with Crippen LogP contribution in [-0.2, 0) is 10.1 Å². The smallest absolute Gasteiger partial charge is 0.345 e. The Labute approximate surface area is 254 Å². The molecule has 0 atom stereocenters. The van der Waals surface area contributed by atoms with Crippen LogP contribution in [0.5, 0.6) is 11.5 Å². The summed E-state index contributed by atoms with van der Waals surface area (Å²) in [5.74, 6) is -1.44. The fourth-order valence-electron chi connectivity index (χ4n) is 2.66. The molecule has 3 aromatic carbocycles. The molecular weight excluding hydrogens is 958 g/mol. The molecule has 0 fully saturated rings. The van der Waals surface area contributed by atoms with Crippen molar-refractivity contribution in [2.75, 3.05) is 0 Å². The molecular formula is C20H8Br4I2O7S. The first-order chi connectivity index (χ1) is 15.8. The predicted octanol–water partition coefficient (Wildman–Crippen LogP) is 7.63. The molecule has 0 heterocycles. The highest BCUT2D eigenvalue weighted by Gasteiger charge is 2.31. The molecule has 0 aromatic heterocycles. The third-order valence-corrected chi connectivity index (χ3v) is 12.2. The summed E-state index contributed by atoms with van der Waals surface area (Å²) < 4.78 is 45.2. The zero-order valence-corrected chi connectivity index (χ0v) is 27.6. The van der Waals surface area contributed by atoms with Crippen LogP contribution in [0.4, 0.5) is 0 Å². The molecule has 178 valence electrons. The highest BCUT2D eigenvalue weighted by Crippen LogP contribution is 2.43. The maximum atomic E-state index is 13.2. The molecule has 34 heavy (non-hydrogen) atoms. The molecule has 0 saturated heterocycles. The van der Waals surface area contributed by atoms with E-state index in [0.29, 0.717) is 8.95 Å². The van der Waals surface area contributed by atoms with Gasteiger partial charge in [0.1, 0.15) is 16.4 Å². The second-order valence-corrected chi connectivity index (χ2v) is 13.1. The number of rotatable bonds is 5. The summed E-state index contributed by atoms with van der Waals surface area (Å²) >= 11 is 16.8. The number of halogens is 6. The summed E-state index contributed by atoms with van der Waals surface area (Å²) in [5, 5.41) is 0. The zero-order valence-electron chi connectivity index (χ0n) is 16.1. The van der Waals surface area contributed by atoms with Crippen molar-refractivity contribution in [1.29, 1.82) is 0 Å². The average Bonchev–Trinajstić information content (AvgIpc) is 2.73. The zero-order chi connectivity index (χ0) is 25.4. The first-order valence-corrected chi connectivity index (χ1v) is 15.4. The monoisotopic (exact) mass is 961 g/mol. The minimum absolute atomic E-state index is 0.00985. The van der Waals surface area contributed by atoms with Gasteiger partial charge in [-0.3, -0.25) is 4.55 Å². The molecule has 0 saturated carbocycles. The normalized spacial score (nSPS) is 11.3. The van der Waals surface area contributed by atoms with Gasteiger partial charge in [0.05, 0.1) is 11.1 Å². The Kier molecular flexibility index (Phi) is 9.64. The van der Waals surface area contributed by atoms with Crippen LogP contribution in [0, 0.1) is 7.14 Å². The molecule has 0 radical (unpaired) electrons. The second-order valence-electron chi connectivity index (χ2n) is 6.29. The van der Waals surface area contributed by atoms with Gasteiger partial charge in [-0.1, -0.05) is 18.2 Å². The number of carbonyl (C=O) groups excluding carboxylic acids is 2. The van der Waals surface area contributed by atoms with Crippen LogP contribution in [0.25, 0.3) is 0 Å². The molecule has 3 rings (SSSR count). The van der Waals surface area contributed by atoms with E-state index in [4.69, 9.17) is 9.47 Å². The maximum absolute atomic E-state index is 13.2. The number of hydrogen-bond acceptors (Lipinski definition) is 6. The van der Waals surface area contributed by atoms with Gasteiger partial charge in [-0.25, -0.2) is 9.59 Å². The van der Waals surface area contributed by atoms with E-state index in [2.05, 4.69) is 63.7 Å². The van der Waals surface area contributed by atoms with E-state index in [1.165, 1.54) is 12.1 Å². The van der Waals surface area contributed by atoms with E-state index in [-0.39, 0.29) is 43.6 Å². The van der Waals surface area contributed by atoms with Crippen LogP contribution in [0.2, 0.25) is 0 Å². The van der Waals surface area contributed by atoms with Gasteiger partial charge in [0.25, 0.3) is 10.1 Å². The molecule has 7 nitrogen and oxygen atoms in total. The predicted molar refractivity (Wildman–Crippen MR) is 155 cm³/mol. The van der Waals surface area contributed by atoms with E-state index in [1.54, 1.807) is 75.5 Å². The Balaban J connectivity index is 2.09. The SMILES string of the molecule is O=C(Oc1ccccc1)c1c(Br)c(Br)c(Br)c(Br)c1C(=O)Oc1cc(I)c(S(=O)(=O)O)c(I)c1. The van der Waals surface area contributed by atoms with Crippen molar-refractivity contribution < 1.29 is 32.0 Å².